The number of nitrogens with zero attached hydrogens (tertiary/aromatic N) is 3. The van der Waals surface area contributed by atoms with Crippen molar-refractivity contribution in [1.82, 2.24) is 19.9 Å². The summed E-state index contributed by atoms with van der Waals surface area (Å²) in [6.45, 7) is 0. The molecule has 0 bridgehead atoms. The lowest BCUT2D eigenvalue weighted by Crippen LogP contribution is -1.99. The molecule has 7 heteroatoms. The number of anilines is 2. The van der Waals surface area contributed by atoms with Crippen molar-refractivity contribution >= 4 is 34.7 Å². The van der Waals surface area contributed by atoms with Crippen molar-refractivity contribution in [1.29, 1.82) is 0 Å². The molecule has 0 aliphatic rings. The molecule has 3 rings (SSSR count). The Morgan fingerprint density at radius 2 is 1.84 bits per heavy atom. The molecule has 3 aromatic rings. The highest BCUT2D eigenvalue weighted by Gasteiger charge is 2.09. The van der Waals surface area contributed by atoms with Gasteiger partial charge in [-0.25, -0.2) is 4.98 Å². The number of rotatable bonds is 3. The number of hydrogen-bond donors (Lipinski definition) is 3. The molecular weight excluding hydrogens is 260 g/mol. The van der Waals surface area contributed by atoms with Crippen LogP contribution in [0.15, 0.2) is 35.5 Å². The second kappa shape index (κ2) is 4.77. The topological polar surface area (TPSA) is 106 Å². The summed E-state index contributed by atoms with van der Waals surface area (Å²) in [5, 5.41) is 0.755. The summed E-state index contributed by atoms with van der Waals surface area (Å²) in [6.07, 6.45) is 0. The number of nitrogens with one attached hydrogen (secondary N) is 1. The minimum absolute atomic E-state index is 0.135. The number of imidazole rings is 1. The van der Waals surface area contributed by atoms with Gasteiger partial charge in [0, 0.05) is 5.75 Å². The van der Waals surface area contributed by atoms with Gasteiger partial charge in [-0.3, -0.25) is 0 Å². The minimum Gasteiger partial charge on any atom is -0.382 e. The molecule has 0 amide bonds. The quantitative estimate of drug-likeness (QED) is 0.628. The van der Waals surface area contributed by atoms with E-state index in [0.717, 1.165) is 10.9 Å². The summed E-state index contributed by atoms with van der Waals surface area (Å²) in [7, 11) is 0. The fourth-order valence-corrected chi connectivity index (χ4v) is 2.53. The lowest BCUT2D eigenvalue weighted by atomic mass is 10.2. The third-order valence-corrected chi connectivity index (χ3v) is 3.54. The number of benzene rings is 1. The summed E-state index contributed by atoms with van der Waals surface area (Å²) in [5.74, 6) is 1.28. The monoisotopic (exact) mass is 272 g/mol. The van der Waals surface area contributed by atoms with E-state index in [-0.39, 0.29) is 5.95 Å². The first kappa shape index (κ1) is 11.8. The normalized spacial score (nSPS) is 10.9. The fourth-order valence-electron chi connectivity index (χ4n) is 1.71. The maximum absolute atomic E-state index is 5.77. The highest BCUT2D eigenvalue weighted by Crippen LogP contribution is 2.24. The number of aromatic nitrogens is 4. The second-order valence-corrected chi connectivity index (χ2v) is 4.95. The summed E-state index contributed by atoms with van der Waals surface area (Å²) in [4.78, 5) is 15.4. The van der Waals surface area contributed by atoms with Gasteiger partial charge in [-0.1, -0.05) is 42.1 Å². The Bertz CT molecular complexity index is 709. The first-order chi connectivity index (χ1) is 9.22. The Morgan fingerprint density at radius 3 is 2.63 bits per heavy atom. The molecule has 0 fully saturated rings. The van der Waals surface area contributed by atoms with E-state index in [0.29, 0.717) is 17.0 Å². The lowest BCUT2D eigenvalue weighted by Gasteiger charge is -1.97. The SMILES string of the molecule is Nc1nc(N)c2[nH]c(SCc3ccccc3)nc2n1. The van der Waals surface area contributed by atoms with Gasteiger partial charge in [-0.15, -0.1) is 0 Å². The first-order valence-electron chi connectivity index (χ1n) is 5.68. The third kappa shape index (κ3) is 2.45. The molecule has 0 atom stereocenters. The third-order valence-electron chi connectivity index (χ3n) is 2.59. The maximum atomic E-state index is 5.77. The standard InChI is InChI=1S/C12H12N6S/c13-9-8-10(17-11(14)16-9)18-12(15-8)19-6-7-4-2-1-3-5-7/h1-5H,6H2,(H5,13,14,15,16,17,18). The van der Waals surface area contributed by atoms with Crippen molar-refractivity contribution in [2.75, 3.05) is 11.5 Å². The minimum atomic E-state index is 0.135. The Balaban J connectivity index is 1.84. The van der Waals surface area contributed by atoms with Crippen molar-refractivity contribution in [3.63, 3.8) is 0 Å². The molecule has 0 aliphatic carbocycles. The Kier molecular flexibility index (Phi) is 2.96. The molecule has 0 spiro atoms. The summed E-state index contributed by atoms with van der Waals surface area (Å²) in [6, 6.07) is 10.2. The molecule has 6 nitrogen and oxygen atoms in total. The van der Waals surface area contributed by atoms with Gasteiger partial charge in [0.05, 0.1) is 0 Å². The van der Waals surface area contributed by atoms with Crippen LogP contribution in [-0.4, -0.2) is 19.9 Å². The van der Waals surface area contributed by atoms with Crippen LogP contribution in [-0.2, 0) is 5.75 Å². The van der Waals surface area contributed by atoms with Gasteiger partial charge in [-0.05, 0) is 5.56 Å². The van der Waals surface area contributed by atoms with E-state index in [9.17, 15) is 0 Å². The first-order valence-corrected chi connectivity index (χ1v) is 6.66. The molecule has 19 heavy (non-hydrogen) atoms. The molecule has 0 aliphatic heterocycles. The van der Waals surface area contributed by atoms with Crippen molar-refractivity contribution in [3.8, 4) is 0 Å². The summed E-state index contributed by atoms with van der Waals surface area (Å²) >= 11 is 1.58. The molecule has 0 saturated carbocycles. The van der Waals surface area contributed by atoms with Gasteiger partial charge in [-0.2, -0.15) is 9.97 Å². The van der Waals surface area contributed by atoms with Crippen molar-refractivity contribution < 1.29 is 0 Å². The molecule has 0 saturated heterocycles. The lowest BCUT2D eigenvalue weighted by molar-refractivity contribution is 1.07. The van der Waals surface area contributed by atoms with Gasteiger partial charge < -0.3 is 16.5 Å². The molecule has 2 heterocycles. The highest BCUT2D eigenvalue weighted by atomic mass is 32.2. The number of thioether (sulfide) groups is 1. The molecule has 96 valence electrons. The molecule has 5 N–H and O–H groups in total. The van der Waals surface area contributed by atoms with Crippen LogP contribution in [0.5, 0.6) is 0 Å². The van der Waals surface area contributed by atoms with Crippen LogP contribution in [0.25, 0.3) is 11.2 Å². The Labute approximate surface area is 113 Å². The van der Waals surface area contributed by atoms with Crippen LogP contribution in [0, 0.1) is 0 Å². The average Bonchev–Trinajstić information content (AvgIpc) is 2.81. The number of H-pyrrole nitrogens is 1. The fraction of sp³-hybridized carbons (Fsp3) is 0.0833. The largest absolute Gasteiger partial charge is 0.382 e. The van der Waals surface area contributed by atoms with Gasteiger partial charge in [0.25, 0.3) is 0 Å². The van der Waals surface area contributed by atoms with Crippen LogP contribution in [0.1, 0.15) is 5.56 Å². The number of fused-ring (bicyclic) bond motifs is 1. The van der Waals surface area contributed by atoms with Gasteiger partial charge >= 0.3 is 0 Å². The van der Waals surface area contributed by atoms with Gasteiger partial charge in [0.15, 0.2) is 16.6 Å². The van der Waals surface area contributed by atoms with E-state index < -0.39 is 0 Å². The number of aromatic amines is 1. The van der Waals surface area contributed by atoms with Crippen LogP contribution in [0.4, 0.5) is 11.8 Å². The summed E-state index contributed by atoms with van der Waals surface area (Å²) < 4.78 is 0. The Hall–Kier alpha value is -2.28. The van der Waals surface area contributed by atoms with Crippen LogP contribution < -0.4 is 11.5 Å². The Morgan fingerprint density at radius 1 is 1.05 bits per heavy atom. The molecule has 0 radical (unpaired) electrons. The number of nitrogen functional groups attached to an aromatic ring is 2. The molecular formula is C12H12N6S. The van der Waals surface area contributed by atoms with Gasteiger partial charge in [0.2, 0.25) is 5.95 Å². The number of nitrogens with two attached hydrogens (primary N) is 2. The zero-order valence-corrected chi connectivity index (χ0v) is 10.8. The van der Waals surface area contributed by atoms with E-state index >= 15 is 0 Å². The smallest absolute Gasteiger partial charge is 0.224 e. The summed E-state index contributed by atoms with van der Waals surface area (Å²) in [5.41, 5.74) is 13.7. The molecule has 1 aromatic carbocycles. The maximum Gasteiger partial charge on any atom is 0.224 e. The van der Waals surface area contributed by atoms with Gasteiger partial charge in [0.1, 0.15) is 5.52 Å². The highest BCUT2D eigenvalue weighted by molar-refractivity contribution is 7.98. The van der Waals surface area contributed by atoms with Crippen molar-refractivity contribution in [2.24, 2.45) is 0 Å². The van der Waals surface area contributed by atoms with Crippen molar-refractivity contribution in [2.45, 2.75) is 10.9 Å². The average molecular weight is 272 g/mol. The molecule has 2 aromatic heterocycles. The van der Waals surface area contributed by atoms with Crippen LogP contribution in [0.3, 0.4) is 0 Å². The van der Waals surface area contributed by atoms with E-state index in [2.05, 4.69) is 32.1 Å². The zero-order valence-electron chi connectivity index (χ0n) is 10.00. The van der Waals surface area contributed by atoms with E-state index in [1.807, 2.05) is 18.2 Å². The van der Waals surface area contributed by atoms with Crippen molar-refractivity contribution in [3.05, 3.63) is 35.9 Å². The number of hydrogen-bond acceptors (Lipinski definition) is 6. The van der Waals surface area contributed by atoms with Crippen LogP contribution >= 0.6 is 11.8 Å². The van der Waals surface area contributed by atoms with E-state index in [4.69, 9.17) is 11.5 Å². The predicted molar refractivity (Wildman–Crippen MR) is 76.5 cm³/mol. The second-order valence-electron chi connectivity index (χ2n) is 3.98. The molecule has 0 unspecified atom stereocenters. The zero-order chi connectivity index (χ0) is 13.2. The predicted octanol–water partition coefficient (Wildman–Crippen LogP) is 1.81. The van der Waals surface area contributed by atoms with E-state index in [1.165, 1.54) is 5.56 Å². The van der Waals surface area contributed by atoms with Crippen LogP contribution in [0.2, 0.25) is 0 Å². The van der Waals surface area contributed by atoms with E-state index in [1.54, 1.807) is 11.8 Å².